The minimum atomic E-state index is -0.677. The second-order valence-corrected chi connectivity index (χ2v) is 5.28. The predicted molar refractivity (Wildman–Crippen MR) is 77.7 cm³/mol. The van der Waals surface area contributed by atoms with Crippen LogP contribution in [-0.4, -0.2) is 43.8 Å². The van der Waals surface area contributed by atoms with Crippen LogP contribution >= 0.6 is 0 Å². The molecule has 22 heavy (non-hydrogen) atoms. The summed E-state index contributed by atoms with van der Waals surface area (Å²) in [6.07, 6.45) is 3.60. The molecule has 0 aliphatic carbocycles. The summed E-state index contributed by atoms with van der Waals surface area (Å²) >= 11 is 0. The molecule has 1 aliphatic heterocycles. The Hall–Kier alpha value is -2.77. The van der Waals surface area contributed by atoms with Gasteiger partial charge in [-0.05, 0) is 19.4 Å². The molecule has 1 fully saturated rings. The molecule has 0 bridgehead atoms. The van der Waals surface area contributed by atoms with Gasteiger partial charge in [-0.15, -0.1) is 0 Å². The third kappa shape index (κ3) is 2.67. The van der Waals surface area contributed by atoms with Crippen LogP contribution in [0, 0.1) is 6.92 Å². The number of aromatic amines is 2. The van der Waals surface area contributed by atoms with Gasteiger partial charge in [-0.1, -0.05) is 0 Å². The molecule has 114 valence electrons. The molecule has 1 atom stereocenters. The molecule has 8 heteroatoms. The lowest BCUT2D eigenvalue weighted by molar-refractivity contribution is 0.0788. The SMILES string of the molecule is Cc1ccnc([C@@H]2CCN(C(=O)c3c[nH]c(=O)[nH]c3=O)C2)n1. The van der Waals surface area contributed by atoms with Gasteiger partial charge in [-0.25, -0.2) is 14.8 Å². The molecule has 2 N–H and O–H groups in total. The van der Waals surface area contributed by atoms with Crippen LogP contribution in [0.2, 0.25) is 0 Å². The monoisotopic (exact) mass is 301 g/mol. The first kappa shape index (κ1) is 14.2. The average molecular weight is 301 g/mol. The first-order valence-corrected chi connectivity index (χ1v) is 6.95. The van der Waals surface area contributed by atoms with Crippen molar-refractivity contribution in [1.82, 2.24) is 24.8 Å². The maximum absolute atomic E-state index is 12.4. The van der Waals surface area contributed by atoms with Gasteiger partial charge in [-0.3, -0.25) is 14.6 Å². The third-order valence-corrected chi connectivity index (χ3v) is 3.70. The number of likely N-dealkylation sites (tertiary alicyclic amines) is 1. The number of nitrogens with zero attached hydrogens (tertiary/aromatic N) is 3. The molecular formula is C14H15N5O3. The number of carbonyl (C=O) groups excluding carboxylic acids is 1. The summed E-state index contributed by atoms with van der Waals surface area (Å²) in [6, 6.07) is 1.82. The van der Waals surface area contributed by atoms with Gasteiger partial charge >= 0.3 is 5.69 Å². The van der Waals surface area contributed by atoms with E-state index in [0.29, 0.717) is 18.9 Å². The Bertz CT molecular complexity index is 825. The van der Waals surface area contributed by atoms with Crippen molar-refractivity contribution in [3.05, 3.63) is 56.4 Å². The van der Waals surface area contributed by atoms with Crippen molar-refractivity contribution >= 4 is 5.91 Å². The van der Waals surface area contributed by atoms with Gasteiger partial charge in [0.05, 0.1) is 0 Å². The topological polar surface area (TPSA) is 112 Å². The highest BCUT2D eigenvalue weighted by Crippen LogP contribution is 2.25. The molecule has 0 spiro atoms. The van der Waals surface area contributed by atoms with Crippen LogP contribution in [0.5, 0.6) is 0 Å². The number of hydrogen-bond acceptors (Lipinski definition) is 5. The Labute approximate surface area is 125 Å². The van der Waals surface area contributed by atoms with Gasteiger partial charge in [0.15, 0.2) is 0 Å². The van der Waals surface area contributed by atoms with Gasteiger partial charge in [0.1, 0.15) is 11.4 Å². The molecule has 1 saturated heterocycles. The molecule has 2 aromatic rings. The molecule has 0 aromatic carbocycles. The van der Waals surface area contributed by atoms with E-state index in [-0.39, 0.29) is 11.5 Å². The summed E-state index contributed by atoms with van der Waals surface area (Å²) in [5.41, 5.74) is -0.490. The smallest absolute Gasteiger partial charge is 0.325 e. The largest absolute Gasteiger partial charge is 0.338 e. The van der Waals surface area contributed by atoms with Crippen molar-refractivity contribution in [3.63, 3.8) is 0 Å². The Balaban J connectivity index is 1.79. The van der Waals surface area contributed by atoms with Crippen LogP contribution in [0.25, 0.3) is 0 Å². The van der Waals surface area contributed by atoms with Crippen LogP contribution < -0.4 is 11.2 Å². The van der Waals surface area contributed by atoms with E-state index in [2.05, 4.69) is 19.9 Å². The lowest BCUT2D eigenvalue weighted by Gasteiger charge is -2.15. The highest BCUT2D eigenvalue weighted by atomic mass is 16.2. The number of amides is 1. The lowest BCUT2D eigenvalue weighted by Crippen LogP contribution is -2.35. The molecule has 2 aromatic heterocycles. The quantitative estimate of drug-likeness (QED) is 0.797. The summed E-state index contributed by atoms with van der Waals surface area (Å²) < 4.78 is 0. The number of rotatable bonds is 2. The molecule has 1 aliphatic rings. The zero-order valence-electron chi connectivity index (χ0n) is 12.0. The lowest BCUT2D eigenvalue weighted by atomic mass is 10.1. The highest BCUT2D eigenvalue weighted by Gasteiger charge is 2.30. The summed E-state index contributed by atoms with van der Waals surface area (Å²) in [7, 11) is 0. The first-order valence-electron chi connectivity index (χ1n) is 6.95. The van der Waals surface area contributed by atoms with Crippen LogP contribution in [0.1, 0.15) is 34.2 Å². The Morgan fingerprint density at radius 3 is 2.95 bits per heavy atom. The molecule has 0 saturated carbocycles. The van der Waals surface area contributed by atoms with Crippen LogP contribution in [0.15, 0.2) is 28.0 Å². The van der Waals surface area contributed by atoms with E-state index in [1.165, 1.54) is 0 Å². The van der Waals surface area contributed by atoms with E-state index in [9.17, 15) is 14.4 Å². The summed E-state index contributed by atoms with van der Waals surface area (Å²) in [5.74, 6) is 0.379. The van der Waals surface area contributed by atoms with E-state index in [1.807, 2.05) is 13.0 Å². The van der Waals surface area contributed by atoms with Crippen molar-refractivity contribution in [2.24, 2.45) is 0 Å². The number of H-pyrrole nitrogens is 2. The predicted octanol–water partition coefficient (Wildman–Crippen LogP) is -0.209. The van der Waals surface area contributed by atoms with E-state index in [1.54, 1.807) is 11.1 Å². The maximum atomic E-state index is 12.4. The second kappa shape index (κ2) is 5.55. The standard InChI is InChI=1S/C14H15N5O3/c1-8-2-4-15-11(17-8)9-3-5-19(7-9)13(21)10-6-16-14(22)18-12(10)20/h2,4,6,9H,3,5,7H2,1H3,(H2,16,18,20,22)/t9-/m1/s1. The van der Waals surface area contributed by atoms with E-state index >= 15 is 0 Å². The fourth-order valence-corrected chi connectivity index (χ4v) is 2.56. The summed E-state index contributed by atoms with van der Waals surface area (Å²) in [4.78, 5) is 49.6. The second-order valence-electron chi connectivity index (χ2n) is 5.28. The normalized spacial score (nSPS) is 17.7. The van der Waals surface area contributed by atoms with E-state index < -0.39 is 17.2 Å². The zero-order chi connectivity index (χ0) is 15.7. The summed E-state index contributed by atoms with van der Waals surface area (Å²) in [6.45, 7) is 2.88. The van der Waals surface area contributed by atoms with Gasteiger partial charge in [0.25, 0.3) is 11.5 Å². The molecule has 0 unspecified atom stereocenters. The van der Waals surface area contributed by atoms with Gasteiger partial charge in [-0.2, -0.15) is 0 Å². The van der Waals surface area contributed by atoms with Crippen LogP contribution in [0.3, 0.4) is 0 Å². The third-order valence-electron chi connectivity index (χ3n) is 3.70. The van der Waals surface area contributed by atoms with Crippen molar-refractivity contribution in [3.8, 4) is 0 Å². The number of aryl methyl sites for hydroxylation is 1. The minimum Gasteiger partial charge on any atom is -0.338 e. The van der Waals surface area contributed by atoms with Crippen molar-refractivity contribution < 1.29 is 4.79 Å². The zero-order valence-corrected chi connectivity index (χ0v) is 12.0. The van der Waals surface area contributed by atoms with Crippen molar-refractivity contribution in [1.29, 1.82) is 0 Å². The fraction of sp³-hybridized carbons (Fsp3) is 0.357. The molecule has 0 radical (unpaired) electrons. The molecule has 3 heterocycles. The van der Waals surface area contributed by atoms with Crippen LogP contribution in [-0.2, 0) is 0 Å². The molecule has 8 nitrogen and oxygen atoms in total. The minimum absolute atomic E-state index is 0.0608. The van der Waals surface area contributed by atoms with E-state index in [4.69, 9.17) is 0 Å². The Kier molecular flexibility index (Phi) is 3.58. The average Bonchev–Trinajstić information content (AvgIpc) is 2.96. The number of nitrogens with one attached hydrogen (secondary N) is 2. The Morgan fingerprint density at radius 1 is 1.41 bits per heavy atom. The van der Waals surface area contributed by atoms with Gasteiger partial charge < -0.3 is 9.88 Å². The van der Waals surface area contributed by atoms with E-state index in [0.717, 1.165) is 18.3 Å². The molecule has 1 amide bonds. The molecular weight excluding hydrogens is 286 g/mol. The van der Waals surface area contributed by atoms with Crippen LogP contribution in [0.4, 0.5) is 0 Å². The van der Waals surface area contributed by atoms with Gasteiger partial charge in [0, 0.05) is 37.1 Å². The summed E-state index contributed by atoms with van der Waals surface area (Å²) in [5, 5.41) is 0. The van der Waals surface area contributed by atoms with Crippen molar-refractivity contribution in [2.75, 3.05) is 13.1 Å². The number of aromatic nitrogens is 4. The number of hydrogen-bond donors (Lipinski definition) is 2. The maximum Gasteiger partial charge on any atom is 0.325 e. The molecule has 3 rings (SSSR count). The van der Waals surface area contributed by atoms with Gasteiger partial charge in [0.2, 0.25) is 0 Å². The Morgan fingerprint density at radius 2 is 2.23 bits per heavy atom. The fourth-order valence-electron chi connectivity index (χ4n) is 2.56. The highest BCUT2D eigenvalue weighted by molar-refractivity contribution is 5.93. The first-order chi connectivity index (χ1) is 10.5. The number of carbonyl (C=O) groups is 1. The van der Waals surface area contributed by atoms with Crippen molar-refractivity contribution in [2.45, 2.75) is 19.3 Å².